The van der Waals surface area contributed by atoms with Crippen LogP contribution in [0.25, 0.3) is 22.2 Å². The van der Waals surface area contributed by atoms with Crippen LogP contribution in [0.2, 0.25) is 5.02 Å². The lowest BCUT2D eigenvalue weighted by Crippen LogP contribution is -2.43. The van der Waals surface area contributed by atoms with Crippen LogP contribution in [0.5, 0.6) is 11.8 Å². The first-order chi connectivity index (χ1) is 20.9. The Balaban J connectivity index is 1.46. The Kier molecular flexibility index (Phi) is 7.00. The van der Waals surface area contributed by atoms with Crippen molar-refractivity contribution in [2.45, 2.75) is 81.9 Å². The highest BCUT2D eigenvalue weighted by molar-refractivity contribution is 6.36. The van der Waals surface area contributed by atoms with Crippen molar-refractivity contribution in [2.24, 2.45) is 0 Å². The molecule has 2 bridgehead atoms. The molecule has 5 heterocycles. The Morgan fingerprint density at radius 3 is 2.77 bits per heavy atom. The van der Waals surface area contributed by atoms with Crippen LogP contribution in [0, 0.1) is 12.7 Å². The minimum atomic E-state index is -4.89. The van der Waals surface area contributed by atoms with Gasteiger partial charge in [-0.05, 0) is 57.2 Å². The molecule has 0 amide bonds. The molecular weight excluding hydrogens is 607 g/mol. The molecule has 8 nitrogen and oxygen atoms in total. The quantitative estimate of drug-likeness (QED) is 0.325. The summed E-state index contributed by atoms with van der Waals surface area (Å²) in [5.41, 5.74) is 2.29. The van der Waals surface area contributed by atoms with Gasteiger partial charge in [-0.15, -0.1) is 0 Å². The average Bonchev–Trinajstić information content (AvgIpc) is 3.47. The number of hydrogen-bond acceptors (Lipinski definition) is 8. The third-order valence-electron chi connectivity index (χ3n) is 9.70. The molecular formula is C30H32ClF5N6O2. The first-order valence-corrected chi connectivity index (χ1v) is 15.2. The summed E-state index contributed by atoms with van der Waals surface area (Å²) in [4.78, 5) is 17.0. The molecule has 2 aromatic heterocycles. The standard InChI is InChI=1S/C30H32ClF5N6O2/c1-14-9-18(37)38-24(21(14)30(34,35)36)19-22(31)26-20-25(23(19)33)39-28(43-13-29-7-4-8-42(29)12-15(32)11-29)40-27(20)41(2)16-5-3-6-17(10-16)44-26/h9,15-17H,3-8,10-13H2,1-2H3,(H2,37,38)/t15-,16?,17?,29+/m1/s1. The molecule has 1 saturated carbocycles. The van der Waals surface area contributed by atoms with Crippen molar-refractivity contribution in [3.63, 3.8) is 0 Å². The molecule has 2 saturated heterocycles. The van der Waals surface area contributed by atoms with Gasteiger partial charge in [0, 0.05) is 32.5 Å². The van der Waals surface area contributed by atoms with E-state index in [-0.39, 0.29) is 57.8 Å². The van der Waals surface area contributed by atoms with Gasteiger partial charge < -0.3 is 20.1 Å². The lowest BCUT2D eigenvalue weighted by Gasteiger charge is -2.39. The van der Waals surface area contributed by atoms with Crippen LogP contribution in [0.15, 0.2) is 6.07 Å². The fourth-order valence-electron chi connectivity index (χ4n) is 7.68. The third-order valence-corrected chi connectivity index (χ3v) is 10.1. The van der Waals surface area contributed by atoms with Crippen LogP contribution >= 0.6 is 11.6 Å². The number of nitrogens with two attached hydrogens (primary N) is 1. The van der Waals surface area contributed by atoms with Crippen LogP contribution in [-0.2, 0) is 6.18 Å². The maximum absolute atomic E-state index is 16.8. The van der Waals surface area contributed by atoms with Crippen LogP contribution < -0.4 is 20.1 Å². The molecule has 1 aromatic carbocycles. The number of alkyl halides is 4. The zero-order valence-corrected chi connectivity index (χ0v) is 25.0. The third kappa shape index (κ3) is 4.69. The van der Waals surface area contributed by atoms with Gasteiger partial charge in [0.25, 0.3) is 0 Å². The fraction of sp³-hybridized carbons (Fsp3) is 0.567. The minimum Gasteiger partial charge on any atom is -0.488 e. The van der Waals surface area contributed by atoms with Crippen molar-refractivity contribution in [3.05, 3.63) is 28.0 Å². The Hall–Kier alpha value is -3.19. The molecule has 1 aliphatic carbocycles. The van der Waals surface area contributed by atoms with Gasteiger partial charge in [0.05, 0.1) is 32.8 Å². The number of fused-ring (bicyclic) bond motifs is 3. The minimum absolute atomic E-state index is 0.00970. The lowest BCUT2D eigenvalue weighted by molar-refractivity contribution is -0.137. The normalized spacial score (nSPS) is 26.8. The van der Waals surface area contributed by atoms with E-state index >= 15 is 4.39 Å². The first kappa shape index (κ1) is 29.5. The molecule has 4 aliphatic rings. The summed E-state index contributed by atoms with van der Waals surface area (Å²) in [6, 6.07) is 0.923. The predicted octanol–water partition coefficient (Wildman–Crippen LogP) is 6.49. The molecule has 236 valence electrons. The van der Waals surface area contributed by atoms with Crippen molar-refractivity contribution >= 4 is 34.1 Å². The summed E-state index contributed by atoms with van der Waals surface area (Å²) in [6.45, 7) is 2.40. The first-order valence-electron chi connectivity index (χ1n) is 14.8. The zero-order chi connectivity index (χ0) is 31.1. The average molecular weight is 639 g/mol. The lowest BCUT2D eigenvalue weighted by atomic mass is 9.90. The van der Waals surface area contributed by atoms with Gasteiger partial charge >= 0.3 is 12.2 Å². The van der Waals surface area contributed by atoms with E-state index in [1.54, 1.807) is 0 Å². The van der Waals surface area contributed by atoms with Crippen LogP contribution in [0.3, 0.4) is 0 Å². The van der Waals surface area contributed by atoms with Crippen LogP contribution in [0.1, 0.15) is 56.1 Å². The van der Waals surface area contributed by atoms with Gasteiger partial charge in [0.2, 0.25) is 0 Å². The number of rotatable bonds is 4. The second-order valence-electron chi connectivity index (χ2n) is 12.5. The highest BCUT2D eigenvalue weighted by atomic mass is 35.5. The molecule has 2 N–H and O–H groups in total. The van der Waals surface area contributed by atoms with E-state index < -0.39 is 40.5 Å². The number of ether oxygens (including phenoxy) is 2. The van der Waals surface area contributed by atoms with Gasteiger partial charge in [0.1, 0.15) is 36.0 Å². The van der Waals surface area contributed by atoms with E-state index in [2.05, 4.69) is 19.9 Å². The van der Waals surface area contributed by atoms with Crippen molar-refractivity contribution in [1.82, 2.24) is 19.9 Å². The summed E-state index contributed by atoms with van der Waals surface area (Å²) in [7, 11) is 1.83. The van der Waals surface area contributed by atoms with Crippen LogP contribution in [-0.4, -0.2) is 70.5 Å². The molecule has 3 aliphatic heterocycles. The molecule has 4 atom stereocenters. The molecule has 14 heteroatoms. The number of halogens is 6. The molecule has 0 radical (unpaired) electrons. The summed E-state index contributed by atoms with van der Waals surface area (Å²) in [5.74, 6) is -1.07. The monoisotopic (exact) mass is 638 g/mol. The summed E-state index contributed by atoms with van der Waals surface area (Å²) >= 11 is 6.81. The predicted molar refractivity (Wildman–Crippen MR) is 156 cm³/mol. The molecule has 3 aromatic rings. The van der Waals surface area contributed by atoms with E-state index in [4.69, 9.17) is 26.8 Å². The van der Waals surface area contributed by atoms with Crippen molar-refractivity contribution in [2.75, 3.05) is 37.4 Å². The van der Waals surface area contributed by atoms with Gasteiger partial charge in [-0.25, -0.2) is 13.8 Å². The Bertz CT molecular complexity index is 1660. The molecule has 2 unspecified atom stereocenters. The SMILES string of the molecule is Cc1cc(N)nc(-c2c(Cl)c3c4c(nc(OC[C@@]56CCCN5C[C@H](F)C6)nc4c2F)N(C)C2CCCC(C2)O3)c1C(F)(F)F. The van der Waals surface area contributed by atoms with Gasteiger partial charge in [0.15, 0.2) is 11.6 Å². The summed E-state index contributed by atoms with van der Waals surface area (Å²) < 4.78 is 86.9. The number of hydrogen-bond donors (Lipinski definition) is 1. The van der Waals surface area contributed by atoms with Crippen molar-refractivity contribution in [3.8, 4) is 23.0 Å². The number of pyridine rings is 1. The topological polar surface area (TPSA) is 89.6 Å². The van der Waals surface area contributed by atoms with E-state index in [0.29, 0.717) is 31.6 Å². The maximum Gasteiger partial charge on any atom is 0.418 e. The summed E-state index contributed by atoms with van der Waals surface area (Å²) in [6.07, 6.45) is -1.22. The highest BCUT2D eigenvalue weighted by Gasteiger charge is 2.49. The maximum atomic E-state index is 16.8. The highest BCUT2D eigenvalue weighted by Crippen LogP contribution is 2.51. The van der Waals surface area contributed by atoms with Crippen molar-refractivity contribution < 1.29 is 31.4 Å². The molecule has 0 spiro atoms. The second-order valence-corrected chi connectivity index (χ2v) is 12.9. The van der Waals surface area contributed by atoms with Gasteiger partial charge in [-0.3, -0.25) is 4.90 Å². The summed E-state index contributed by atoms with van der Waals surface area (Å²) in [5, 5.41) is -0.225. The van der Waals surface area contributed by atoms with E-state index in [1.165, 1.54) is 6.92 Å². The number of aryl methyl sites for hydroxylation is 1. The zero-order valence-electron chi connectivity index (χ0n) is 24.3. The Labute approximate surface area is 255 Å². The van der Waals surface area contributed by atoms with Gasteiger partial charge in [-0.1, -0.05) is 11.6 Å². The number of benzene rings is 1. The molecule has 7 rings (SSSR count). The van der Waals surface area contributed by atoms with Crippen LogP contribution in [0.4, 0.5) is 33.6 Å². The Morgan fingerprint density at radius 2 is 2.00 bits per heavy atom. The largest absolute Gasteiger partial charge is 0.488 e. The number of nitrogen functional groups attached to an aromatic ring is 1. The number of aromatic nitrogens is 3. The van der Waals surface area contributed by atoms with E-state index in [0.717, 1.165) is 38.3 Å². The smallest absolute Gasteiger partial charge is 0.418 e. The number of nitrogens with zero attached hydrogens (tertiary/aromatic N) is 5. The number of anilines is 2. The van der Waals surface area contributed by atoms with Crippen molar-refractivity contribution in [1.29, 1.82) is 0 Å². The second kappa shape index (κ2) is 10.4. The fourth-order valence-corrected chi connectivity index (χ4v) is 7.99. The van der Waals surface area contributed by atoms with E-state index in [1.807, 2.05) is 11.9 Å². The Morgan fingerprint density at radius 1 is 1.20 bits per heavy atom. The molecule has 3 fully saturated rings. The molecule has 44 heavy (non-hydrogen) atoms. The van der Waals surface area contributed by atoms with E-state index in [9.17, 15) is 17.6 Å². The van der Waals surface area contributed by atoms with Gasteiger partial charge in [-0.2, -0.15) is 23.1 Å².